The van der Waals surface area contributed by atoms with Gasteiger partial charge in [-0.15, -0.1) is 0 Å². The number of amides is 1. The zero-order chi connectivity index (χ0) is 24.0. The first-order valence-corrected chi connectivity index (χ1v) is 10.8. The van der Waals surface area contributed by atoms with Gasteiger partial charge in [0.1, 0.15) is 18.6 Å². The Morgan fingerprint density at radius 2 is 2.03 bits per heavy atom. The highest BCUT2D eigenvalue weighted by Gasteiger charge is 2.41. The Hall–Kier alpha value is -3.50. The average molecular weight is 460 g/mol. The normalized spacial score (nSPS) is 22.6. The van der Waals surface area contributed by atoms with E-state index in [0.29, 0.717) is 31.9 Å². The molecular weight excluding hydrogens is 430 g/mol. The third-order valence-corrected chi connectivity index (χ3v) is 6.13. The van der Waals surface area contributed by atoms with E-state index in [9.17, 15) is 20.0 Å². The molecule has 0 bridgehead atoms. The van der Waals surface area contributed by atoms with E-state index in [1.807, 2.05) is 31.2 Å². The van der Waals surface area contributed by atoms with Gasteiger partial charge in [-0.05, 0) is 41.5 Å². The zero-order valence-electron chi connectivity index (χ0n) is 19.2. The Kier molecular flexibility index (Phi) is 5.59. The number of nitrogens with zero attached hydrogens (tertiary/aromatic N) is 5. The summed E-state index contributed by atoms with van der Waals surface area (Å²) in [6, 6.07) is 7.81. The molecule has 2 unspecified atom stereocenters. The second-order valence-corrected chi connectivity index (χ2v) is 9.91. The molecule has 1 saturated heterocycles. The van der Waals surface area contributed by atoms with Crippen molar-refractivity contribution in [1.29, 1.82) is 0 Å². The Labute approximate surface area is 191 Å². The fourth-order valence-electron chi connectivity index (χ4n) is 4.33. The maximum atomic E-state index is 11.7. The van der Waals surface area contributed by atoms with Gasteiger partial charge in [0.25, 0.3) is 0 Å². The Morgan fingerprint density at radius 1 is 1.33 bits per heavy atom. The molecule has 33 heavy (non-hydrogen) atoms. The van der Waals surface area contributed by atoms with Gasteiger partial charge in [0.2, 0.25) is 0 Å². The molecular formula is C22H29N5O6. The predicted octanol–water partition coefficient (Wildman–Crippen LogP) is 3.24. The summed E-state index contributed by atoms with van der Waals surface area (Å²) in [5.74, 6) is 0.442. The molecule has 1 amide bonds. The van der Waals surface area contributed by atoms with Gasteiger partial charge in [-0.25, -0.2) is 4.79 Å². The Balaban J connectivity index is 1.36. The number of hydrogen-bond donors (Lipinski definition) is 1. The average Bonchev–Trinajstić information content (AvgIpc) is 3.27. The molecule has 1 aromatic carbocycles. The van der Waals surface area contributed by atoms with Crippen LogP contribution >= 0.6 is 0 Å². The van der Waals surface area contributed by atoms with E-state index >= 15 is 0 Å². The lowest BCUT2D eigenvalue weighted by molar-refractivity contribution is -0.389. The first kappa shape index (κ1) is 22.7. The molecule has 1 aromatic heterocycles. The molecule has 4 rings (SSSR count). The van der Waals surface area contributed by atoms with Crippen LogP contribution in [0.15, 0.2) is 30.5 Å². The highest BCUT2D eigenvalue weighted by atomic mass is 16.6. The van der Waals surface area contributed by atoms with Crippen molar-refractivity contribution in [2.45, 2.75) is 45.9 Å². The minimum atomic E-state index is -0.877. The van der Waals surface area contributed by atoms with E-state index in [0.717, 1.165) is 5.69 Å². The van der Waals surface area contributed by atoms with Crippen molar-refractivity contribution in [2.24, 2.45) is 5.41 Å². The maximum Gasteiger partial charge on any atom is 0.415 e. The van der Waals surface area contributed by atoms with Gasteiger partial charge in [0.05, 0.1) is 12.6 Å². The first-order valence-electron chi connectivity index (χ1n) is 10.8. The number of hydrogen-bond acceptors (Lipinski definition) is 7. The molecule has 2 atom stereocenters. The number of ether oxygens (including phenoxy) is 2. The molecule has 3 heterocycles. The van der Waals surface area contributed by atoms with E-state index in [1.54, 1.807) is 4.57 Å². The molecule has 0 spiro atoms. The summed E-state index contributed by atoms with van der Waals surface area (Å²) in [7, 11) is 0. The number of imidazole rings is 1. The predicted molar refractivity (Wildman–Crippen MR) is 120 cm³/mol. The third-order valence-electron chi connectivity index (χ3n) is 6.13. The van der Waals surface area contributed by atoms with Crippen LogP contribution in [0.3, 0.4) is 0 Å². The van der Waals surface area contributed by atoms with E-state index in [1.165, 1.54) is 11.1 Å². The molecule has 1 fully saturated rings. The number of carbonyl (C=O) groups is 1. The van der Waals surface area contributed by atoms with Gasteiger partial charge in [0.15, 0.2) is 5.60 Å². The number of aromatic nitrogens is 2. The number of piperazine rings is 1. The maximum absolute atomic E-state index is 11.7. The van der Waals surface area contributed by atoms with E-state index in [-0.39, 0.29) is 29.9 Å². The Morgan fingerprint density at radius 3 is 2.61 bits per heavy atom. The van der Waals surface area contributed by atoms with Gasteiger partial charge < -0.3 is 34.5 Å². The summed E-state index contributed by atoms with van der Waals surface area (Å²) in [6.45, 7) is 10.4. The quantitative estimate of drug-likeness (QED) is 0.534. The molecule has 0 saturated carbocycles. The largest absolute Gasteiger partial charge is 0.489 e. The lowest BCUT2D eigenvalue weighted by Crippen LogP contribution is -2.59. The Bertz CT molecular complexity index is 1020. The number of nitro groups is 1. The molecule has 2 aliphatic rings. The number of carboxylic acid groups (broad SMARTS) is 1. The SMILES string of the molecule is CC1(COc2ccc(N3CCN(C(=O)O)C(C(C)(C)C)C3)cc2)Cn2cc([N+](=O)[O-])nc2O1. The fraction of sp³-hybridized carbons (Fsp3) is 0.545. The van der Waals surface area contributed by atoms with E-state index in [2.05, 4.69) is 30.7 Å². The number of fused-ring (bicyclic) bond motifs is 1. The van der Waals surface area contributed by atoms with Crippen LogP contribution in [0.2, 0.25) is 0 Å². The van der Waals surface area contributed by atoms with Crippen molar-refractivity contribution in [1.82, 2.24) is 14.5 Å². The number of benzene rings is 1. The second-order valence-electron chi connectivity index (χ2n) is 9.91. The molecule has 0 aliphatic carbocycles. The molecule has 11 nitrogen and oxygen atoms in total. The first-order chi connectivity index (χ1) is 15.4. The highest BCUT2D eigenvalue weighted by Crippen LogP contribution is 2.33. The van der Waals surface area contributed by atoms with Crippen molar-refractivity contribution < 1.29 is 24.3 Å². The second kappa shape index (κ2) is 8.13. The van der Waals surface area contributed by atoms with Crippen molar-refractivity contribution in [3.05, 3.63) is 40.6 Å². The van der Waals surface area contributed by atoms with Crippen molar-refractivity contribution >= 4 is 17.6 Å². The van der Waals surface area contributed by atoms with Gasteiger partial charge in [-0.3, -0.25) is 4.57 Å². The van der Waals surface area contributed by atoms with Gasteiger partial charge in [0, 0.05) is 30.3 Å². The summed E-state index contributed by atoms with van der Waals surface area (Å²) in [4.78, 5) is 29.6. The lowest BCUT2D eigenvalue weighted by Gasteiger charge is -2.46. The molecule has 2 aromatic rings. The minimum absolute atomic E-state index is 0.110. The van der Waals surface area contributed by atoms with Crippen LogP contribution in [-0.4, -0.2) is 68.5 Å². The third kappa shape index (κ3) is 4.67. The number of rotatable bonds is 5. The van der Waals surface area contributed by atoms with Crippen molar-refractivity contribution in [3.8, 4) is 11.8 Å². The van der Waals surface area contributed by atoms with Gasteiger partial charge in [-0.2, -0.15) is 0 Å². The molecule has 178 valence electrons. The van der Waals surface area contributed by atoms with E-state index < -0.39 is 16.6 Å². The fourth-order valence-corrected chi connectivity index (χ4v) is 4.33. The van der Waals surface area contributed by atoms with Crippen LogP contribution in [-0.2, 0) is 6.54 Å². The van der Waals surface area contributed by atoms with E-state index in [4.69, 9.17) is 9.47 Å². The van der Waals surface area contributed by atoms with Crippen LogP contribution in [0, 0.1) is 15.5 Å². The topological polar surface area (TPSA) is 123 Å². The van der Waals surface area contributed by atoms with Gasteiger partial charge >= 0.3 is 17.9 Å². The summed E-state index contributed by atoms with van der Waals surface area (Å²) in [5, 5.41) is 20.4. The minimum Gasteiger partial charge on any atom is -0.489 e. The summed E-state index contributed by atoms with van der Waals surface area (Å²) in [6.07, 6.45) is 0.488. The van der Waals surface area contributed by atoms with Crippen molar-refractivity contribution in [2.75, 3.05) is 31.1 Å². The smallest absolute Gasteiger partial charge is 0.415 e. The number of anilines is 1. The summed E-state index contributed by atoms with van der Waals surface area (Å²) in [5.41, 5.74) is 0.159. The molecule has 1 N–H and O–H groups in total. The van der Waals surface area contributed by atoms with Crippen LogP contribution in [0.4, 0.5) is 16.3 Å². The van der Waals surface area contributed by atoms with Gasteiger partial charge in [-0.1, -0.05) is 20.8 Å². The zero-order valence-corrected chi connectivity index (χ0v) is 19.2. The van der Waals surface area contributed by atoms with Crippen LogP contribution in [0.1, 0.15) is 27.7 Å². The standard InChI is InChI=1S/C22H29N5O6/c1-21(2,3)17-11-24(9-10-26(17)20(28)29)15-5-7-16(8-6-15)32-14-22(4)13-25-12-18(27(30)31)23-19(25)33-22/h5-8,12,17H,9-11,13-14H2,1-4H3,(H,28,29). The molecule has 0 radical (unpaired) electrons. The summed E-state index contributed by atoms with van der Waals surface area (Å²) < 4.78 is 13.4. The van der Waals surface area contributed by atoms with Crippen LogP contribution in [0.5, 0.6) is 11.8 Å². The summed E-state index contributed by atoms with van der Waals surface area (Å²) >= 11 is 0. The lowest BCUT2D eigenvalue weighted by atomic mass is 9.84. The van der Waals surface area contributed by atoms with Crippen LogP contribution < -0.4 is 14.4 Å². The monoisotopic (exact) mass is 459 g/mol. The van der Waals surface area contributed by atoms with Crippen LogP contribution in [0.25, 0.3) is 0 Å². The van der Waals surface area contributed by atoms with Crippen molar-refractivity contribution in [3.63, 3.8) is 0 Å². The molecule has 2 aliphatic heterocycles. The molecule has 11 heteroatoms. The highest BCUT2D eigenvalue weighted by molar-refractivity contribution is 5.66.